The summed E-state index contributed by atoms with van der Waals surface area (Å²) in [5.74, 6) is -0.727. The lowest BCUT2D eigenvalue weighted by Gasteiger charge is -2.08. The van der Waals surface area contributed by atoms with Gasteiger partial charge in [-0.3, -0.25) is 4.79 Å². The number of benzene rings is 2. The molecule has 3 rings (SSSR count). The number of hydrogen-bond acceptors (Lipinski definition) is 4. The average molecular weight is 349 g/mol. The van der Waals surface area contributed by atoms with Crippen LogP contribution in [0.15, 0.2) is 54.6 Å². The van der Waals surface area contributed by atoms with Gasteiger partial charge in [0.05, 0.1) is 35.3 Å². The molecule has 0 atom stereocenters. The summed E-state index contributed by atoms with van der Waals surface area (Å²) >= 11 is 0. The summed E-state index contributed by atoms with van der Waals surface area (Å²) in [5, 5.41) is 7.31. The SMILES string of the molecule is COC(=O)c1cccc(NC(=O)c2c(C)nn(-c3ccccc3)c2C)c1. The first kappa shape index (κ1) is 17.4. The van der Waals surface area contributed by atoms with E-state index in [2.05, 4.69) is 10.4 Å². The molecule has 0 aliphatic heterocycles. The monoisotopic (exact) mass is 349 g/mol. The number of aromatic nitrogens is 2. The third-order valence-electron chi connectivity index (χ3n) is 4.06. The number of hydrogen-bond donors (Lipinski definition) is 1. The molecule has 0 saturated heterocycles. The maximum Gasteiger partial charge on any atom is 0.337 e. The first-order valence-corrected chi connectivity index (χ1v) is 8.12. The molecule has 0 aliphatic rings. The number of carbonyl (C=O) groups excluding carboxylic acids is 2. The van der Waals surface area contributed by atoms with Crippen molar-refractivity contribution in [2.45, 2.75) is 13.8 Å². The molecule has 1 amide bonds. The first-order valence-electron chi connectivity index (χ1n) is 8.12. The fraction of sp³-hybridized carbons (Fsp3) is 0.150. The Labute approximate surface area is 151 Å². The summed E-state index contributed by atoms with van der Waals surface area (Å²) in [5.41, 5.74) is 3.67. The van der Waals surface area contributed by atoms with E-state index in [4.69, 9.17) is 4.74 Å². The Kier molecular flexibility index (Phi) is 4.84. The highest BCUT2D eigenvalue weighted by molar-refractivity contribution is 6.06. The van der Waals surface area contributed by atoms with Crippen molar-refractivity contribution < 1.29 is 14.3 Å². The molecule has 3 aromatic rings. The van der Waals surface area contributed by atoms with Crippen molar-refractivity contribution in [1.29, 1.82) is 0 Å². The number of carbonyl (C=O) groups is 2. The molecular weight excluding hydrogens is 330 g/mol. The van der Waals surface area contributed by atoms with Crippen molar-refractivity contribution in [2.24, 2.45) is 0 Å². The number of esters is 1. The van der Waals surface area contributed by atoms with Gasteiger partial charge >= 0.3 is 5.97 Å². The van der Waals surface area contributed by atoms with E-state index >= 15 is 0 Å². The predicted molar refractivity (Wildman–Crippen MR) is 98.8 cm³/mol. The van der Waals surface area contributed by atoms with Gasteiger partial charge in [-0.25, -0.2) is 9.48 Å². The number of rotatable bonds is 4. The van der Waals surface area contributed by atoms with Crippen LogP contribution in [0, 0.1) is 13.8 Å². The quantitative estimate of drug-likeness (QED) is 0.731. The summed E-state index contributed by atoms with van der Waals surface area (Å²) in [7, 11) is 1.32. The summed E-state index contributed by atoms with van der Waals surface area (Å²) in [6.07, 6.45) is 0. The Balaban J connectivity index is 1.90. The van der Waals surface area contributed by atoms with Crippen molar-refractivity contribution in [3.05, 3.63) is 77.1 Å². The van der Waals surface area contributed by atoms with Crippen LogP contribution in [0.25, 0.3) is 5.69 Å². The Bertz CT molecular complexity index is 962. The Morgan fingerprint density at radius 3 is 2.46 bits per heavy atom. The van der Waals surface area contributed by atoms with Gasteiger partial charge in [0.1, 0.15) is 0 Å². The van der Waals surface area contributed by atoms with Gasteiger partial charge in [0, 0.05) is 5.69 Å². The van der Waals surface area contributed by atoms with Crippen LogP contribution in [0.4, 0.5) is 5.69 Å². The van der Waals surface area contributed by atoms with Gasteiger partial charge in [0.25, 0.3) is 5.91 Å². The van der Waals surface area contributed by atoms with Gasteiger partial charge in [0.15, 0.2) is 0 Å². The molecule has 6 nitrogen and oxygen atoms in total. The van der Waals surface area contributed by atoms with E-state index < -0.39 is 5.97 Å². The van der Waals surface area contributed by atoms with Crippen molar-refractivity contribution >= 4 is 17.6 Å². The molecule has 2 aromatic carbocycles. The van der Waals surface area contributed by atoms with Crippen LogP contribution in [0.1, 0.15) is 32.1 Å². The second-order valence-electron chi connectivity index (χ2n) is 5.82. The summed E-state index contributed by atoms with van der Waals surface area (Å²) in [4.78, 5) is 24.4. The van der Waals surface area contributed by atoms with E-state index in [0.29, 0.717) is 22.5 Å². The van der Waals surface area contributed by atoms with Gasteiger partial charge in [-0.15, -0.1) is 0 Å². The highest BCUT2D eigenvalue weighted by atomic mass is 16.5. The zero-order valence-corrected chi connectivity index (χ0v) is 14.8. The molecule has 0 saturated carbocycles. The number of amides is 1. The van der Waals surface area contributed by atoms with Crippen LogP contribution < -0.4 is 5.32 Å². The van der Waals surface area contributed by atoms with Gasteiger partial charge < -0.3 is 10.1 Å². The lowest BCUT2D eigenvalue weighted by Crippen LogP contribution is -2.14. The molecule has 132 valence electrons. The number of methoxy groups -OCH3 is 1. The minimum absolute atomic E-state index is 0.274. The van der Waals surface area contributed by atoms with Gasteiger partial charge in [-0.1, -0.05) is 24.3 Å². The molecular formula is C20H19N3O3. The minimum atomic E-state index is -0.453. The van der Waals surface area contributed by atoms with Crippen LogP contribution in [0.3, 0.4) is 0 Å². The number of nitrogens with one attached hydrogen (secondary N) is 1. The fourth-order valence-corrected chi connectivity index (χ4v) is 2.83. The minimum Gasteiger partial charge on any atom is -0.465 e. The molecule has 1 N–H and O–H groups in total. The number of para-hydroxylation sites is 1. The maximum absolute atomic E-state index is 12.8. The largest absolute Gasteiger partial charge is 0.465 e. The molecule has 0 aliphatic carbocycles. The number of ether oxygens (including phenoxy) is 1. The highest BCUT2D eigenvalue weighted by Gasteiger charge is 2.20. The Hall–Kier alpha value is -3.41. The standard InChI is InChI=1S/C20H19N3O3/c1-13-18(14(2)23(22-13)17-10-5-4-6-11-17)19(24)21-16-9-7-8-15(12-16)20(25)26-3/h4-12H,1-3H3,(H,21,24). The van der Waals surface area contributed by atoms with E-state index in [-0.39, 0.29) is 5.91 Å². The van der Waals surface area contributed by atoms with E-state index in [1.807, 2.05) is 37.3 Å². The molecule has 0 radical (unpaired) electrons. The van der Waals surface area contributed by atoms with E-state index in [9.17, 15) is 9.59 Å². The first-order chi connectivity index (χ1) is 12.5. The molecule has 0 spiro atoms. The van der Waals surface area contributed by atoms with Gasteiger partial charge in [-0.05, 0) is 44.2 Å². The Morgan fingerprint density at radius 2 is 1.77 bits per heavy atom. The third kappa shape index (κ3) is 3.35. The summed E-state index contributed by atoms with van der Waals surface area (Å²) in [6.45, 7) is 3.65. The van der Waals surface area contributed by atoms with Crippen LogP contribution in [-0.4, -0.2) is 28.8 Å². The third-order valence-corrected chi connectivity index (χ3v) is 4.06. The Morgan fingerprint density at radius 1 is 1.04 bits per heavy atom. The fourth-order valence-electron chi connectivity index (χ4n) is 2.83. The van der Waals surface area contributed by atoms with Crippen molar-refractivity contribution in [1.82, 2.24) is 9.78 Å². The summed E-state index contributed by atoms with van der Waals surface area (Å²) in [6, 6.07) is 16.2. The lowest BCUT2D eigenvalue weighted by atomic mass is 10.1. The van der Waals surface area contributed by atoms with Crippen LogP contribution in [-0.2, 0) is 4.74 Å². The van der Waals surface area contributed by atoms with Crippen molar-refractivity contribution in [3.8, 4) is 5.69 Å². The van der Waals surface area contributed by atoms with E-state index in [1.54, 1.807) is 35.9 Å². The van der Waals surface area contributed by atoms with Crippen LogP contribution in [0.2, 0.25) is 0 Å². The number of nitrogens with zero attached hydrogens (tertiary/aromatic N) is 2. The maximum atomic E-state index is 12.8. The number of aryl methyl sites for hydroxylation is 1. The lowest BCUT2D eigenvalue weighted by molar-refractivity contribution is 0.0600. The molecule has 6 heteroatoms. The zero-order valence-electron chi connectivity index (χ0n) is 14.8. The molecule has 1 aromatic heterocycles. The van der Waals surface area contributed by atoms with Crippen LogP contribution >= 0.6 is 0 Å². The highest BCUT2D eigenvalue weighted by Crippen LogP contribution is 2.20. The molecule has 0 unspecified atom stereocenters. The van der Waals surface area contributed by atoms with Crippen molar-refractivity contribution in [3.63, 3.8) is 0 Å². The van der Waals surface area contributed by atoms with Gasteiger partial charge in [-0.2, -0.15) is 5.10 Å². The topological polar surface area (TPSA) is 73.2 Å². The van der Waals surface area contributed by atoms with Crippen LogP contribution in [0.5, 0.6) is 0 Å². The zero-order chi connectivity index (χ0) is 18.7. The number of anilines is 1. The molecule has 1 heterocycles. The normalized spacial score (nSPS) is 10.4. The summed E-state index contributed by atoms with van der Waals surface area (Å²) < 4.78 is 6.45. The molecule has 0 bridgehead atoms. The second-order valence-corrected chi connectivity index (χ2v) is 5.82. The second kappa shape index (κ2) is 7.23. The molecule has 0 fully saturated rings. The van der Waals surface area contributed by atoms with Gasteiger partial charge in [0.2, 0.25) is 0 Å². The van der Waals surface area contributed by atoms with E-state index in [1.165, 1.54) is 7.11 Å². The smallest absolute Gasteiger partial charge is 0.337 e. The average Bonchev–Trinajstić information content (AvgIpc) is 2.96. The van der Waals surface area contributed by atoms with E-state index in [0.717, 1.165) is 11.4 Å². The molecule has 26 heavy (non-hydrogen) atoms. The van der Waals surface area contributed by atoms with Crippen molar-refractivity contribution in [2.75, 3.05) is 12.4 Å². The predicted octanol–water partition coefficient (Wildman–Crippen LogP) is 3.53.